The van der Waals surface area contributed by atoms with E-state index in [0.29, 0.717) is 18.6 Å². The second kappa shape index (κ2) is 5.36. The summed E-state index contributed by atoms with van der Waals surface area (Å²) >= 11 is 0. The minimum atomic E-state index is 0.117. The molecule has 94 valence electrons. The van der Waals surface area contributed by atoms with Crippen molar-refractivity contribution in [3.63, 3.8) is 0 Å². The van der Waals surface area contributed by atoms with Crippen molar-refractivity contribution in [3.05, 3.63) is 24.0 Å². The molecule has 0 spiro atoms. The summed E-state index contributed by atoms with van der Waals surface area (Å²) in [5, 5.41) is 6.34. The Kier molecular flexibility index (Phi) is 3.84. The zero-order chi connectivity index (χ0) is 12.3. The van der Waals surface area contributed by atoms with Gasteiger partial charge in [-0.3, -0.25) is 4.79 Å². The van der Waals surface area contributed by atoms with Gasteiger partial charge in [0.05, 0.1) is 0 Å². The third-order valence-electron chi connectivity index (χ3n) is 2.79. The van der Waals surface area contributed by atoms with E-state index in [4.69, 9.17) is 0 Å². The lowest BCUT2D eigenvalue weighted by Crippen LogP contribution is -2.28. The average molecular weight is 235 g/mol. The third-order valence-corrected chi connectivity index (χ3v) is 2.79. The monoisotopic (exact) mass is 235 g/mol. The first-order valence-corrected chi connectivity index (χ1v) is 6.31. The summed E-state index contributed by atoms with van der Waals surface area (Å²) in [5.41, 5.74) is 1.22. The van der Waals surface area contributed by atoms with Crippen LogP contribution >= 0.6 is 0 Å². The van der Waals surface area contributed by atoms with E-state index < -0.39 is 0 Å². The fraction of sp³-hybridized carbons (Fsp3) is 0.615. The summed E-state index contributed by atoms with van der Waals surface area (Å²) in [6.45, 7) is 5.53. The maximum Gasteiger partial charge on any atom is 0.240 e. The van der Waals surface area contributed by atoms with Crippen LogP contribution in [-0.2, 0) is 17.9 Å². The maximum absolute atomic E-state index is 11.6. The number of hydrogen-bond acceptors (Lipinski definition) is 2. The predicted molar refractivity (Wildman–Crippen MR) is 67.6 cm³/mol. The topological polar surface area (TPSA) is 46.1 Å². The van der Waals surface area contributed by atoms with Crippen molar-refractivity contribution in [3.8, 4) is 0 Å². The normalized spacial score (nSPS) is 15.2. The minimum absolute atomic E-state index is 0.117. The Morgan fingerprint density at radius 2 is 2.29 bits per heavy atom. The van der Waals surface area contributed by atoms with Gasteiger partial charge in [0.15, 0.2) is 0 Å². The van der Waals surface area contributed by atoms with E-state index in [0.717, 1.165) is 19.4 Å². The molecule has 1 aliphatic carbocycles. The van der Waals surface area contributed by atoms with Gasteiger partial charge in [0.1, 0.15) is 6.54 Å². The van der Waals surface area contributed by atoms with E-state index in [2.05, 4.69) is 30.5 Å². The van der Waals surface area contributed by atoms with Gasteiger partial charge < -0.3 is 15.2 Å². The quantitative estimate of drug-likeness (QED) is 0.780. The Labute approximate surface area is 102 Å². The molecule has 4 nitrogen and oxygen atoms in total. The van der Waals surface area contributed by atoms with E-state index >= 15 is 0 Å². The van der Waals surface area contributed by atoms with E-state index in [1.165, 1.54) is 5.56 Å². The Morgan fingerprint density at radius 3 is 2.94 bits per heavy atom. The molecule has 1 amide bonds. The highest BCUT2D eigenvalue weighted by Gasteiger charge is 2.22. The van der Waals surface area contributed by atoms with Crippen LogP contribution in [0.5, 0.6) is 0 Å². The SMILES string of the molecule is CC(C)NCc1ccn(CC(=O)NC2CC2)c1. The van der Waals surface area contributed by atoms with Gasteiger partial charge in [0.25, 0.3) is 0 Å². The molecule has 2 rings (SSSR count). The second-order valence-corrected chi connectivity index (χ2v) is 5.07. The predicted octanol–water partition coefficient (Wildman–Crippen LogP) is 1.26. The van der Waals surface area contributed by atoms with Crippen molar-refractivity contribution >= 4 is 5.91 Å². The molecular formula is C13H21N3O. The lowest BCUT2D eigenvalue weighted by atomic mass is 10.3. The summed E-state index contributed by atoms with van der Waals surface area (Å²) in [4.78, 5) is 11.6. The van der Waals surface area contributed by atoms with Crippen LogP contribution in [0.4, 0.5) is 0 Å². The molecule has 0 saturated heterocycles. The van der Waals surface area contributed by atoms with Gasteiger partial charge in [-0.2, -0.15) is 0 Å². The molecule has 2 N–H and O–H groups in total. The molecule has 17 heavy (non-hydrogen) atoms. The third kappa shape index (κ3) is 4.23. The molecule has 1 heterocycles. The Morgan fingerprint density at radius 1 is 1.53 bits per heavy atom. The molecule has 4 heteroatoms. The van der Waals surface area contributed by atoms with Gasteiger partial charge >= 0.3 is 0 Å². The van der Waals surface area contributed by atoms with Gasteiger partial charge in [-0.25, -0.2) is 0 Å². The molecule has 0 atom stereocenters. The molecule has 0 aliphatic heterocycles. The Balaban J connectivity index is 1.78. The highest BCUT2D eigenvalue weighted by atomic mass is 16.2. The summed E-state index contributed by atoms with van der Waals surface area (Å²) in [6.07, 6.45) is 6.27. The molecule has 1 aromatic rings. The molecule has 0 aromatic carbocycles. The lowest BCUT2D eigenvalue weighted by Gasteiger charge is -2.06. The van der Waals surface area contributed by atoms with Crippen LogP contribution < -0.4 is 10.6 Å². The minimum Gasteiger partial charge on any atom is -0.352 e. The molecule has 1 aromatic heterocycles. The van der Waals surface area contributed by atoms with Crippen molar-refractivity contribution in [2.45, 2.75) is 51.9 Å². The van der Waals surface area contributed by atoms with Crippen LogP contribution in [0.15, 0.2) is 18.5 Å². The van der Waals surface area contributed by atoms with Gasteiger partial charge in [-0.15, -0.1) is 0 Å². The van der Waals surface area contributed by atoms with Crippen molar-refractivity contribution in [2.24, 2.45) is 0 Å². The van der Waals surface area contributed by atoms with Crippen LogP contribution in [-0.4, -0.2) is 22.6 Å². The zero-order valence-corrected chi connectivity index (χ0v) is 10.6. The maximum atomic E-state index is 11.6. The Bertz CT molecular complexity index is 380. The van der Waals surface area contributed by atoms with Gasteiger partial charge in [-0.05, 0) is 24.5 Å². The van der Waals surface area contributed by atoms with Crippen molar-refractivity contribution < 1.29 is 4.79 Å². The smallest absolute Gasteiger partial charge is 0.240 e. The molecule has 1 aliphatic rings. The number of rotatable bonds is 6. The molecule has 1 fully saturated rings. The molecular weight excluding hydrogens is 214 g/mol. The van der Waals surface area contributed by atoms with Crippen LogP contribution in [0.1, 0.15) is 32.3 Å². The first-order valence-electron chi connectivity index (χ1n) is 6.31. The van der Waals surface area contributed by atoms with Crippen LogP contribution in [0.3, 0.4) is 0 Å². The standard InChI is InChI=1S/C13H21N3O/c1-10(2)14-7-11-5-6-16(8-11)9-13(17)15-12-3-4-12/h5-6,8,10,12,14H,3-4,7,9H2,1-2H3,(H,15,17). The number of carbonyl (C=O) groups is 1. The number of aromatic nitrogens is 1. The van der Waals surface area contributed by atoms with E-state index in [9.17, 15) is 4.79 Å². The first-order chi connectivity index (χ1) is 8.13. The fourth-order valence-electron chi connectivity index (χ4n) is 1.68. The Hall–Kier alpha value is -1.29. The highest BCUT2D eigenvalue weighted by Crippen LogP contribution is 2.18. The van der Waals surface area contributed by atoms with Gasteiger partial charge in [0.2, 0.25) is 5.91 Å². The zero-order valence-electron chi connectivity index (χ0n) is 10.6. The van der Waals surface area contributed by atoms with Crippen molar-refractivity contribution in [1.82, 2.24) is 15.2 Å². The van der Waals surface area contributed by atoms with Crippen LogP contribution in [0.2, 0.25) is 0 Å². The van der Waals surface area contributed by atoms with E-state index in [-0.39, 0.29) is 5.91 Å². The number of hydrogen-bond donors (Lipinski definition) is 2. The molecule has 0 radical (unpaired) electrons. The lowest BCUT2D eigenvalue weighted by molar-refractivity contribution is -0.121. The highest BCUT2D eigenvalue weighted by molar-refractivity contribution is 5.76. The van der Waals surface area contributed by atoms with Crippen molar-refractivity contribution in [1.29, 1.82) is 0 Å². The molecule has 0 bridgehead atoms. The van der Waals surface area contributed by atoms with E-state index in [1.807, 2.05) is 17.0 Å². The number of carbonyl (C=O) groups excluding carboxylic acids is 1. The van der Waals surface area contributed by atoms with E-state index in [1.54, 1.807) is 0 Å². The first kappa shape index (κ1) is 12.2. The number of amides is 1. The fourth-order valence-corrected chi connectivity index (χ4v) is 1.68. The number of nitrogens with one attached hydrogen (secondary N) is 2. The van der Waals surface area contributed by atoms with Crippen LogP contribution in [0.25, 0.3) is 0 Å². The summed E-state index contributed by atoms with van der Waals surface area (Å²) in [6, 6.07) is 2.98. The summed E-state index contributed by atoms with van der Waals surface area (Å²) < 4.78 is 1.94. The largest absolute Gasteiger partial charge is 0.352 e. The average Bonchev–Trinajstić information content (AvgIpc) is 2.94. The van der Waals surface area contributed by atoms with Gasteiger partial charge in [0, 0.05) is 31.0 Å². The van der Waals surface area contributed by atoms with Crippen LogP contribution in [0, 0.1) is 0 Å². The molecule has 1 saturated carbocycles. The summed E-state index contributed by atoms with van der Waals surface area (Å²) in [5.74, 6) is 0.117. The van der Waals surface area contributed by atoms with Crippen molar-refractivity contribution in [2.75, 3.05) is 0 Å². The van der Waals surface area contributed by atoms with Gasteiger partial charge in [-0.1, -0.05) is 13.8 Å². The molecule has 0 unspecified atom stereocenters. The summed E-state index contributed by atoms with van der Waals surface area (Å²) in [7, 11) is 0. The number of nitrogens with zero attached hydrogens (tertiary/aromatic N) is 1. The second-order valence-electron chi connectivity index (χ2n) is 5.07.